The van der Waals surface area contributed by atoms with Gasteiger partial charge < -0.3 is 10.2 Å². The summed E-state index contributed by atoms with van der Waals surface area (Å²) < 4.78 is 1.93. The van der Waals surface area contributed by atoms with Crippen LogP contribution in [0.1, 0.15) is 47.2 Å². The zero-order valence-electron chi connectivity index (χ0n) is 14.2. The first kappa shape index (κ1) is 17.1. The average molecular weight is 281 g/mol. The third-order valence-electron chi connectivity index (χ3n) is 2.84. The second-order valence-electron chi connectivity index (χ2n) is 7.87. The summed E-state index contributed by atoms with van der Waals surface area (Å²) >= 11 is 0. The largest absolute Gasteiger partial charge is 0.306 e. The highest BCUT2D eigenvalue weighted by molar-refractivity contribution is 4.93. The minimum Gasteiger partial charge on any atom is -0.306 e. The molecule has 0 bridgehead atoms. The van der Waals surface area contributed by atoms with E-state index >= 15 is 0 Å². The van der Waals surface area contributed by atoms with Gasteiger partial charge in [0, 0.05) is 31.4 Å². The number of nitrogens with zero attached hydrogens (tertiary/aromatic N) is 4. The Kier molecular flexibility index (Phi) is 5.71. The molecule has 0 spiro atoms. The molecule has 1 aromatic rings. The Bertz CT molecular complexity index is 397. The van der Waals surface area contributed by atoms with Crippen LogP contribution in [-0.4, -0.2) is 45.6 Å². The first-order valence-corrected chi connectivity index (χ1v) is 7.38. The smallest absolute Gasteiger partial charge is 0.0965 e. The van der Waals surface area contributed by atoms with Crippen LogP contribution >= 0.6 is 0 Å². The zero-order chi connectivity index (χ0) is 15.4. The minimum absolute atomic E-state index is 0.108. The number of nitrogens with one attached hydrogen (secondary N) is 1. The van der Waals surface area contributed by atoms with Crippen molar-refractivity contribution in [3.8, 4) is 0 Å². The highest BCUT2D eigenvalue weighted by Crippen LogP contribution is 2.13. The van der Waals surface area contributed by atoms with Crippen molar-refractivity contribution < 1.29 is 0 Å². The quantitative estimate of drug-likeness (QED) is 0.868. The van der Waals surface area contributed by atoms with Gasteiger partial charge in [0.1, 0.15) is 0 Å². The molecule has 0 aliphatic heterocycles. The van der Waals surface area contributed by atoms with Gasteiger partial charge >= 0.3 is 0 Å². The van der Waals surface area contributed by atoms with Gasteiger partial charge in [0.15, 0.2) is 0 Å². The monoisotopic (exact) mass is 281 g/mol. The van der Waals surface area contributed by atoms with Crippen molar-refractivity contribution in [2.24, 2.45) is 5.41 Å². The van der Waals surface area contributed by atoms with E-state index in [1.807, 2.05) is 10.9 Å². The van der Waals surface area contributed by atoms with E-state index in [0.717, 1.165) is 31.9 Å². The summed E-state index contributed by atoms with van der Waals surface area (Å²) in [5.74, 6) is 0. The second-order valence-corrected chi connectivity index (χ2v) is 7.87. The Morgan fingerprint density at radius 2 is 1.85 bits per heavy atom. The van der Waals surface area contributed by atoms with Gasteiger partial charge in [0.05, 0.1) is 12.2 Å². The molecule has 0 aromatic carbocycles. The van der Waals surface area contributed by atoms with E-state index < -0.39 is 0 Å². The Morgan fingerprint density at radius 1 is 1.20 bits per heavy atom. The van der Waals surface area contributed by atoms with Crippen LogP contribution in [0.15, 0.2) is 6.20 Å². The predicted octanol–water partition coefficient (Wildman–Crippen LogP) is 2.14. The molecule has 1 heterocycles. The number of aromatic nitrogens is 3. The molecule has 0 aliphatic carbocycles. The van der Waals surface area contributed by atoms with Crippen LogP contribution in [0, 0.1) is 5.41 Å². The van der Waals surface area contributed by atoms with Gasteiger partial charge in [-0.05, 0) is 33.2 Å². The molecule has 5 heteroatoms. The normalized spacial score (nSPS) is 13.2. The Balaban J connectivity index is 2.37. The van der Waals surface area contributed by atoms with Crippen LogP contribution in [0.5, 0.6) is 0 Å². The Hall–Kier alpha value is -0.940. The van der Waals surface area contributed by atoms with Gasteiger partial charge in [-0.3, -0.25) is 4.68 Å². The average Bonchev–Trinajstić information content (AvgIpc) is 2.68. The maximum absolute atomic E-state index is 4.20. The van der Waals surface area contributed by atoms with Crippen LogP contribution in [0.2, 0.25) is 0 Å². The van der Waals surface area contributed by atoms with Gasteiger partial charge in [0.2, 0.25) is 0 Å². The topological polar surface area (TPSA) is 46.0 Å². The van der Waals surface area contributed by atoms with E-state index in [2.05, 4.69) is 69.1 Å². The van der Waals surface area contributed by atoms with Crippen LogP contribution in [-0.2, 0) is 13.1 Å². The molecular weight excluding hydrogens is 250 g/mol. The van der Waals surface area contributed by atoms with Crippen molar-refractivity contribution >= 4 is 0 Å². The molecule has 0 unspecified atom stereocenters. The third-order valence-corrected chi connectivity index (χ3v) is 2.84. The van der Waals surface area contributed by atoms with E-state index in [-0.39, 0.29) is 5.54 Å². The fraction of sp³-hybridized carbons (Fsp3) is 0.867. The molecule has 1 rings (SSSR count). The summed E-state index contributed by atoms with van der Waals surface area (Å²) in [5, 5.41) is 11.8. The molecular formula is C15H31N5. The highest BCUT2D eigenvalue weighted by atomic mass is 15.4. The van der Waals surface area contributed by atoms with Crippen LogP contribution in [0.25, 0.3) is 0 Å². The number of hydrogen-bond acceptors (Lipinski definition) is 4. The van der Waals surface area contributed by atoms with Crippen molar-refractivity contribution in [2.75, 3.05) is 20.1 Å². The van der Waals surface area contributed by atoms with Crippen LogP contribution in [0.4, 0.5) is 0 Å². The number of hydrogen-bond donors (Lipinski definition) is 1. The summed E-state index contributed by atoms with van der Waals surface area (Å²) in [6.07, 6.45) is 2.03. The first-order valence-electron chi connectivity index (χ1n) is 7.38. The molecule has 1 N–H and O–H groups in total. The van der Waals surface area contributed by atoms with Gasteiger partial charge in [0.25, 0.3) is 0 Å². The van der Waals surface area contributed by atoms with E-state index in [1.54, 1.807) is 0 Å². The lowest BCUT2D eigenvalue weighted by Gasteiger charge is -2.26. The lowest BCUT2D eigenvalue weighted by molar-refractivity contribution is 0.218. The fourth-order valence-electron chi connectivity index (χ4n) is 2.05. The second kappa shape index (κ2) is 6.68. The molecule has 1 aromatic heterocycles. The summed E-state index contributed by atoms with van der Waals surface area (Å²) in [4.78, 5) is 2.34. The van der Waals surface area contributed by atoms with Crippen LogP contribution < -0.4 is 5.32 Å². The SMILES string of the molecule is CN(CCn1cc(CNC(C)(C)C)nn1)CC(C)(C)C. The van der Waals surface area contributed by atoms with E-state index in [1.165, 1.54) is 0 Å². The van der Waals surface area contributed by atoms with Gasteiger partial charge in [-0.2, -0.15) is 0 Å². The molecule has 0 saturated heterocycles. The molecule has 0 radical (unpaired) electrons. The molecule has 0 fully saturated rings. The number of rotatable bonds is 6. The molecule has 0 atom stereocenters. The van der Waals surface area contributed by atoms with E-state index in [4.69, 9.17) is 0 Å². The lowest BCUT2D eigenvalue weighted by Crippen LogP contribution is -2.35. The number of likely N-dealkylation sites (N-methyl/N-ethyl adjacent to an activating group) is 1. The van der Waals surface area contributed by atoms with Gasteiger partial charge in [-0.15, -0.1) is 5.10 Å². The maximum Gasteiger partial charge on any atom is 0.0965 e. The first-order chi connectivity index (χ1) is 9.05. The summed E-state index contributed by atoms with van der Waals surface area (Å²) in [5.41, 5.74) is 1.44. The maximum atomic E-state index is 4.20. The third kappa shape index (κ3) is 7.60. The fourth-order valence-corrected chi connectivity index (χ4v) is 2.05. The minimum atomic E-state index is 0.108. The molecule has 5 nitrogen and oxygen atoms in total. The standard InChI is InChI=1S/C15H31N5/c1-14(2,3)12-19(7)8-9-20-11-13(17-18-20)10-16-15(4,5)6/h11,16H,8-10,12H2,1-7H3. The van der Waals surface area contributed by atoms with E-state index in [9.17, 15) is 0 Å². The summed E-state index contributed by atoms with van der Waals surface area (Å²) in [6, 6.07) is 0. The Labute approximate surface area is 123 Å². The van der Waals surface area contributed by atoms with Crippen molar-refractivity contribution in [2.45, 2.75) is 60.2 Å². The molecule has 0 aliphatic rings. The van der Waals surface area contributed by atoms with Crippen molar-refractivity contribution in [1.29, 1.82) is 0 Å². The predicted molar refractivity (Wildman–Crippen MR) is 83.6 cm³/mol. The van der Waals surface area contributed by atoms with Crippen molar-refractivity contribution in [1.82, 2.24) is 25.2 Å². The highest BCUT2D eigenvalue weighted by Gasteiger charge is 2.14. The summed E-state index contributed by atoms with van der Waals surface area (Å²) in [7, 11) is 2.16. The molecule has 116 valence electrons. The zero-order valence-corrected chi connectivity index (χ0v) is 14.2. The molecule has 0 saturated carbocycles. The lowest BCUT2D eigenvalue weighted by atomic mass is 9.96. The molecule has 0 amide bonds. The molecule has 20 heavy (non-hydrogen) atoms. The van der Waals surface area contributed by atoms with Crippen LogP contribution in [0.3, 0.4) is 0 Å². The summed E-state index contributed by atoms with van der Waals surface area (Å²) in [6.45, 7) is 17.0. The van der Waals surface area contributed by atoms with Gasteiger partial charge in [-0.25, -0.2) is 0 Å². The van der Waals surface area contributed by atoms with Crippen molar-refractivity contribution in [3.63, 3.8) is 0 Å². The van der Waals surface area contributed by atoms with Crippen molar-refractivity contribution in [3.05, 3.63) is 11.9 Å². The van der Waals surface area contributed by atoms with E-state index in [0.29, 0.717) is 5.41 Å². The van der Waals surface area contributed by atoms with Gasteiger partial charge in [-0.1, -0.05) is 26.0 Å². The Morgan fingerprint density at radius 3 is 2.40 bits per heavy atom.